The van der Waals surface area contributed by atoms with Crippen molar-refractivity contribution in [2.45, 2.75) is 33.2 Å². The van der Waals surface area contributed by atoms with Gasteiger partial charge in [0.15, 0.2) is 0 Å². The molecule has 0 unspecified atom stereocenters. The largest absolute Gasteiger partial charge is 0.328 e. The van der Waals surface area contributed by atoms with Crippen molar-refractivity contribution < 1.29 is 0 Å². The smallest absolute Gasteiger partial charge is 0.297 e. The summed E-state index contributed by atoms with van der Waals surface area (Å²) in [6, 6.07) is 0.0107. The molecule has 1 aromatic rings. The second-order valence-electron chi connectivity index (χ2n) is 3.46. The van der Waals surface area contributed by atoms with Crippen molar-refractivity contribution in [2.24, 2.45) is 0 Å². The van der Waals surface area contributed by atoms with E-state index >= 15 is 0 Å². The highest BCUT2D eigenvalue weighted by Crippen LogP contribution is 1.98. The monoisotopic (exact) mass is 206 g/mol. The number of nitrogens with zero attached hydrogens (tertiary/aromatic N) is 1. The standard InChI is InChI=1S/C11H14N2O2/c1-4-5-6-9-7-13(8(2)3)11(15)12-10(9)14/h7-8H,4H2,1-3H3,(H,12,14,15). The van der Waals surface area contributed by atoms with E-state index in [4.69, 9.17) is 0 Å². The third-order valence-corrected chi connectivity index (χ3v) is 1.92. The Bertz CT molecular complexity index is 512. The highest BCUT2D eigenvalue weighted by atomic mass is 16.2. The maximum atomic E-state index is 11.4. The Kier molecular flexibility index (Phi) is 3.51. The van der Waals surface area contributed by atoms with Crippen LogP contribution in [0.1, 0.15) is 38.8 Å². The van der Waals surface area contributed by atoms with Crippen molar-refractivity contribution in [3.8, 4) is 11.8 Å². The predicted octanol–water partition coefficient (Wildman–Crippen LogP) is 0.879. The summed E-state index contributed by atoms with van der Waals surface area (Å²) in [6.45, 7) is 5.65. The molecule has 0 aromatic carbocycles. The number of hydrogen-bond acceptors (Lipinski definition) is 2. The van der Waals surface area contributed by atoms with E-state index in [2.05, 4.69) is 16.8 Å². The fraction of sp³-hybridized carbons (Fsp3) is 0.455. The van der Waals surface area contributed by atoms with Crippen molar-refractivity contribution in [1.82, 2.24) is 9.55 Å². The molecule has 0 amide bonds. The molecule has 1 N–H and O–H groups in total. The first-order valence-electron chi connectivity index (χ1n) is 4.90. The van der Waals surface area contributed by atoms with Gasteiger partial charge in [-0.2, -0.15) is 0 Å². The van der Waals surface area contributed by atoms with Crippen LogP contribution in [0.4, 0.5) is 0 Å². The zero-order valence-electron chi connectivity index (χ0n) is 9.13. The summed E-state index contributed by atoms with van der Waals surface area (Å²) in [6.07, 6.45) is 2.19. The molecule has 0 radical (unpaired) electrons. The number of H-pyrrole nitrogens is 1. The fourth-order valence-electron chi connectivity index (χ4n) is 1.14. The summed E-state index contributed by atoms with van der Waals surface area (Å²) >= 11 is 0. The van der Waals surface area contributed by atoms with Gasteiger partial charge < -0.3 is 0 Å². The normalized spacial score (nSPS) is 9.87. The van der Waals surface area contributed by atoms with Gasteiger partial charge in [-0.25, -0.2) is 4.79 Å². The average molecular weight is 206 g/mol. The predicted molar refractivity (Wildman–Crippen MR) is 58.9 cm³/mol. The Labute approximate surface area is 88.0 Å². The molecule has 0 aliphatic carbocycles. The fourth-order valence-corrected chi connectivity index (χ4v) is 1.14. The molecule has 1 aromatic heterocycles. The van der Waals surface area contributed by atoms with Crippen molar-refractivity contribution in [1.29, 1.82) is 0 Å². The molecular weight excluding hydrogens is 192 g/mol. The summed E-state index contributed by atoms with van der Waals surface area (Å²) in [7, 11) is 0. The van der Waals surface area contributed by atoms with Crippen molar-refractivity contribution in [2.75, 3.05) is 0 Å². The highest BCUT2D eigenvalue weighted by Gasteiger charge is 2.04. The van der Waals surface area contributed by atoms with Crippen LogP contribution in [0.3, 0.4) is 0 Å². The van der Waals surface area contributed by atoms with E-state index < -0.39 is 11.2 Å². The number of aromatic nitrogens is 2. The van der Waals surface area contributed by atoms with Crippen molar-refractivity contribution in [3.63, 3.8) is 0 Å². The van der Waals surface area contributed by atoms with Gasteiger partial charge in [0, 0.05) is 18.7 Å². The summed E-state index contributed by atoms with van der Waals surface area (Å²) in [5.41, 5.74) is -0.472. The van der Waals surface area contributed by atoms with Gasteiger partial charge in [0.1, 0.15) is 5.56 Å². The molecule has 15 heavy (non-hydrogen) atoms. The zero-order chi connectivity index (χ0) is 11.4. The van der Waals surface area contributed by atoms with Crippen molar-refractivity contribution >= 4 is 0 Å². The van der Waals surface area contributed by atoms with Crippen LogP contribution >= 0.6 is 0 Å². The van der Waals surface area contributed by atoms with E-state index in [0.29, 0.717) is 12.0 Å². The van der Waals surface area contributed by atoms with Gasteiger partial charge in [-0.3, -0.25) is 14.3 Å². The molecule has 0 spiro atoms. The van der Waals surface area contributed by atoms with Gasteiger partial charge in [0.2, 0.25) is 0 Å². The molecule has 4 nitrogen and oxygen atoms in total. The average Bonchev–Trinajstić information content (AvgIpc) is 2.16. The highest BCUT2D eigenvalue weighted by molar-refractivity contribution is 5.29. The lowest BCUT2D eigenvalue weighted by Gasteiger charge is -2.08. The van der Waals surface area contributed by atoms with E-state index in [9.17, 15) is 9.59 Å². The lowest BCUT2D eigenvalue weighted by molar-refractivity contribution is 0.560. The van der Waals surface area contributed by atoms with Crippen LogP contribution in [-0.2, 0) is 0 Å². The summed E-state index contributed by atoms with van der Waals surface area (Å²) in [4.78, 5) is 25.0. The van der Waals surface area contributed by atoms with Crippen LogP contribution in [0.15, 0.2) is 15.8 Å². The van der Waals surface area contributed by atoms with E-state index in [1.807, 2.05) is 20.8 Å². The van der Waals surface area contributed by atoms with Crippen molar-refractivity contribution in [3.05, 3.63) is 32.6 Å². The SMILES string of the molecule is CCC#Cc1cn(C(C)C)c(=O)[nH]c1=O. The maximum Gasteiger partial charge on any atom is 0.328 e. The lowest BCUT2D eigenvalue weighted by atomic mass is 10.3. The Morgan fingerprint density at radius 1 is 1.47 bits per heavy atom. The summed E-state index contributed by atoms with van der Waals surface area (Å²) in [5, 5.41) is 0. The van der Waals surface area contributed by atoms with Crippen LogP contribution in [0.25, 0.3) is 0 Å². The Balaban J connectivity index is 3.37. The van der Waals surface area contributed by atoms with Crippen LogP contribution < -0.4 is 11.2 Å². The third kappa shape index (κ3) is 2.59. The third-order valence-electron chi connectivity index (χ3n) is 1.92. The molecule has 0 saturated heterocycles. The quantitative estimate of drug-likeness (QED) is 0.693. The van der Waals surface area contributed by atoms with Gasteiger partial charge in [-0.15, -0.1) is 0 Å². The van der Waals surface area contributed by atoms with E-state index in [-0.39, 0.29) is 6.04 Å². The molecule has 80 valence electrons. The minimum Gasteiger partial charge on any atom is -0.297 e. The first kappa shape index (κ1) is 11.3. The van der Waals surface area contributed by atoms with Gasteiger partial charge in [-0.05, 0) is 13.8 Å². The Hall–Kier alpha value is -1.76. The van der Waals surface area contributed by atoms with E-state index in [1.165, 1.54) is 10.8 Å². The van der Waals surface area contributed by atoms with Crippen LogP contribution in [0.5, 0.6) is 0 Å². The number of aromatic amines is 1. The van der Waals surface area contributed by atoms with Crippen LogP contribution in [-0.4, -0.2) is 9.55 Å². The van der Waals surface area contributed by atoms with Gasteiger partial charge in [0.05, 0.1) is 0 Å². The van der Waals surface area contributed by atoms with E-state index in [1.54, 1.807) is 0 Å². The van der Waals surface area contributed by atoms with Crippen LogP contribution in [0, 0.1) is 11.8 Å². The van der Waals surface area contributed by atoms with Crippen LogP contribution in [0.2, 0.25) is 0 Å². The molecule has 0 aliphatic heterocycles. The van der Waals surface area contributed by atoms with E-state index in [0.717, 1.165) is 0 Å². The first-order chi connectivity index (χ1) is 7.06. The maximum absolute atomic E-state index is 11.4. The Morgan fingerprint density at radius 2 is 2.13 bits per heavy atom. The molecule has 0 atom stereocenters. The summed E-state index contributed by atoms with van der Waals surface area (Å²) in [5.74, 6) is 5.54. The minimum atomic E-state index is -0.419. The van der Waals surface area contributed by atoms with Gasteiger partial charge in [0.25, 0.3) is 5.56 Å². The number of nitrogens with one attached hydrogen (secondary N) is 1. The molecular formula is C11H14N2O2. The Morgan fingerprint density at radius 3 is 2.67 bits per heavy atom. The number of rotatable bonds is 1. The minimum absolute atomic E-state index is 0.0107. The summed E-state index contributed by atoms with van der Waals surface area (Å²) < 4.78 is 1.46. The molecule has 1 heterocycles. The lowest BCUT2D eigenvalue weighted by Crippen LogP contribution is -2.31. The molecule has 0 fully saturated rings. The molecule has 4 heteroatoms. The second-order valence-corrected chi connectivity index (χ2v) is 3.46. The first-order valence-corrected chi connectivity index (χ1v) is 4.90. The second kappa shape index (κ2) is 4.65. The number of hydrogen-bond donors (Lipinski definition) is 1. The van der Waals surface area contributed by atoms with Gasteiger partial charge in [-0.1, -0.05) is 18.8 Å². The van der Waals surface area contributed by atoms with Gasteiger partial charge >= 0.3 is 5.69 Å². The zero-order valence-corrected chi connectivity index (χ0v) is 9.13. The molecule has 1 rings (SSSR count). The molecule has 0 aliphatic rings. The molecule has 0 bridgehead atoms. The molecule has 0 saturated carbocycles. The topological polar surface area (TPSA) is 54.9 Å².